The van der Waals surface area contributed by atoms with Crippen molar-refractivity contribution >= 4 is 22.2 Å². The summed E-state index contributed by atoms with van der Waals surface area (Å²) in [5, 5.41) is 0.734. The van der Waals surface area contributed by atoms with E-state index in [0.717, 1.165) is 57.2 Å². The molecule has 2 aliphatic rings. The van der Waals surface area contributed by atoms with Gasteiger partial charge in [-0.3, -0.25) is 14.8 Å². The van der Waals surface area contributed by atoms with E-state index in [9.17, 15) is 0 Å². The van der Waals surface area contributed by atoms with Gasteiger partial charge in [0.15, 0.2) is 5.13 Å². The van der Waals surface area contributed by atoms with Crippen LogP contribution in [-0.2, 0) is 12.8 Å². The maximum absolute atomic E-state index is 5.96. The number of pyridine rings is 1. The molecule has 0 radical (unpaired) electrons. The van der Waals surface area contributed by atoms with Gasteiger partial charge < -0.3 is 10.6 Å². The van der Waals surface area contributed by atoms with E-state index >= 15 is 0 Å². The first-order valence-corrected chi connectivity index (χ1v) is 13.5. The van der Waals surface area contributed by atoms with Gasteiger partial charge in [0.1, 0.15) is 0 Å². The molecule has 1 fully saturated rings. The third-order valence-electron chi connectivity index (χ3n) is 7.28. The van der Waals surface area contributed by atoms with Crippen molar-refractivity contribution in [3.05, 3.63) is 59.4 Å². The van der Waals surface area contributed by atoms with Crippen molar-refractivity contribution in [1.29, 1.82) is 0 Å². The summed E-state index contributed by atoms with van der Waals surface area (Å²) in [6.07, 6.45) is 8.31. The zero-order valence-electron chi connectivity index (χ0n) is 20.2. The van der Waals surface area contributed by atoms with Crippen LogP contribution in [0.4, 0.5) is 10.8 Å². The highest BCUT2D eigenvalue weighted by atomic mass is 32.1. The van der Waals surface area contributed by atoms with Crippen LogP contribution in [0.25, 0.3) is 11.1 Å². The van der Waals surface area contributed by atoms with Crippen LogP contribution in [-0.4, -0.2) is 71.6 Å². The van der Waals surface area contributed by atoms with Crippen LogP contribution < -0.4 is 10.6 Å². The molecule has 0 bridgehead atoms. The number of benzene rings is 1. The van der Waals surface area contributed by atoms with E-state index in [-0.39, 0.29) is 0 Å². The molecule has 0 unspecified atom stereocenters. The van der Waals surface area contributed by atoms with E-state index < -0.39 is 0 Å². The molecule has 0 spiro atoms. The number of aryl methyl sites for hydroxylation is 1. The summed E-state index contributed by atoms with van der Waals surface area (Å²) >= 11 is 1.69. The van der Waals surface area contributed by atoms with Gasteiger partial charge in [-0.1, -0.05) is 19.1 Å². The minimum Gasteiger partial charge on any atom is -0.375 e. The zero-order valence-corrected chi connectivity index (χ0v) is 21.0. The lowest BCUT2D eigenvalue weighted by atomic mass is 9.96. The van der Waals surface area contributed by atoms with Gasteiger partial charge in [-0.05, 0) is 67.6 Å². The Bertz CT molecular complexity index is 1040. The predicted molar refractivity (Wildman–Crippen MR) is 143 cm³/mol. The van der Waals surface area contributed by atoms with E-state index in [0.29, 0.717) is 6.04 Å². The van der Waals surface area contributed by atoms with Gasteiger partial charge in [-0.15, -0.1) is 11.3 Å². The highest BCUT2D eigenvalue weighted by Gasteiger charge is 2.27. The minimum atomic E-state index is 0.632. The molecule has 7 heteroatoms. The molecular formula is C27H36N6S. The molecule has 3 heterocycles. The highest BCUT2D eigenvalue weighted by molar-refractivity contribution is 7.15. The monoisotopic (exact) mass is 476 g/mol. The van der Waals surface area contributed by atoms with E-state index in [2.05, 4.69) is 68.0 Å². The number of hydrogen-bond acceptors (Lipinski definition) is 7. The normalized spacial score (nSPS) is 18.9. The highest BCUT2D eigenvalue weighted by Crippen LogP contribution is 2.30. The topological polar surface area (TPSA) is 61.5 Å². The zero-order chi connectivity index (χ0) is 23.3. The number of aromatic nitrogens is 2. The van der Waals surface area contributed by atoms with Crippen molar-refractivity contribution in [1.82, 2.24) is 19.8 Å². The Kier molecular flexibility index (Phi) is 7.42. The lowest BCUT2D eigenvalue weighted by Gasteiger charge is -2.39. The first-order valence-electron chi connectivity index (χ1n) is 12.7. The van der Waals surface area contributed by atoms with Crippen LogP contribution in [0.5, 0.6) is 0 Å². The molecule has 5 rings (SSSR count). The van der Waals surface area contributed by atoms with Crippen molar-refractivity contribution in [2.75, 3.05) is 56.4 Å². The number of nitrogens with two attached hydrogens (primary N) is 1. The minimum absolute atomic E-state index is 0.632. The smallest absolute Gasteiger partial charge is 0.180 e. The molecule has 1 aliphatic heterocycles. The molecule has 2 N–H and O–H groups in total. The molecule has 180 valence electrons. The summed E-state index contributed by atoms with van der Waals surface area (Å²) in [7, 11) is 0. The fourth-order valence-electron chi connectivity index (χ4n) is 5.36. The summed E-state index contributed by atoms with van der Waals surface area (Å²) in [6, 6.07) is 13.7. The molecule has 3 aromatic rings. The second-order valence-corrected chi connectivity index (χ2v) is 10.6. The number of nitrogens with zero attached hydrogens (tertiary/aromatic N) is 5. The van der Waals surface area contributed by atoms with E-state index in [4.69, 9.17) is 5.73 Å². The number of nitrogen functional groups attached to an aromatic ring is 1. The van der Waals surface area contributed by atoms with Gasteiger partial charge in [-0.25, -0.2) is 4.98 Å². The molecule has 2 aromatic heterocycles. The summed E-state index contributed by atoms with van der Waals surface area (Å²) < 4.78 is 0. The van der Waals surface area contributed by atoms with Crippen molar-refractivity contribution < 1.29 is 0 Å². The van der Waals surface area contributed by atoms with Gasteiger partial charge in [0, 0.05) is 68.3 Å². The Morgan fingerprint density at radius 1 is 1.00 bits per heavy atom. The lowest BCUT2D eigenvalue weighted by Crippen LogP contribution is -2.50. The van der Waals surface area contributed by atoms with Gasteiger partial charge in [0.05, 0.1) is 5.69 Å². The fourth-order valence-corrected chi connectivity index (χ4v) is 6.31. The SMILES string of the molecule is CCCN(CCN1CCN(c2ccc(-c3ccncc3)cc2)CC1)[C@H]1CCc2nc(N)sc2C1. The quantitative estimate of drug-likeness (QED) is 0.526. The third kappa shape index (κ3) is 5.43. The van der Waals surface area contributed by atoms with Crippen molar-refractivity contribution in [3.8, 4) is 11.1 Å². The number of anilines is 2. The van der Waals surface area contributed by atoms with E-state index in [1.807, 2.05) is 12.4 Å². The van der Waals surface area contributed by atoms with Gasteiger partial charge in [0.2, 0.25) is 0 Å². The van der Waals surface area contributed by atoms with E-state index in [1.165, 1.54) is 46.8 Å². The Morgan fingerprint density at radius 3 is 2.47 bits per heavy atom. The molecule has 6 nitrogen and oxygen atoms in total. The van der Waals surface area contributed by atoms with Crippen molar-refractivity contribution in [3.63, 3.8) is 0 Å². The van der Waals surface area contributed by atoms with Gasteiger partial charge in [-0.2, -0.15) is 0 Å². The first kappa shape index (κ1) is 23.3. The first-order chi connectivity index (χ1) is 16.7. The third-order valence-corrected chi connectivity index (χ3v) is 8.23. The average Bonchev–Trinajstić information content (AvgIpc) is 3.27. The molecule has 1 aromatic carbocycles. The van der Waals surface area contributed by atoms with Crippen LogP contribution in [0.3, 0.4) is 0 Å². The molecule has 0 saturated carbocycles. The summed E-state index contributed by atoms with van der Waals surface area (Å²) in [4.78, 5) is 17.9. The number of thiazole rings is 1. The molecular weight excluding hydrogens is 440 g/mol. The van der Waals surface area contributed by atoms with Crippen LogP contribution in [0.15, 0.2) is 48.8 Å². The second kappa shape index (κ2) is 10.8. The van der Waals surface area contributed by atoms with Gasteiger partial charge >= 0.3 is 0 Å². The van der Waals surface area contributed by atoms with Crippen LogP contribution >= 0.6 is 11.3 Å². The Morgan fingerprint density at radius 2 is 1.74 bits per heavy atom. The molecule has 0 amide bonds. The van der Waals surface area contributed by atoms with Crippen LogP contribution in [0.2, 0.25) is 0 Å². The lowest BCUT2D eigenvalue weighted by molar-refractivity contribution is 0.146. The Hall–Kier alpha value is -2.48. The average molecular weight is 477 g/mol. The molecule has 1 saturated heterocycles. The maximum Gasteiger partial charge on any atom is 0.180 e. The molecule has 1 aliphatic carbocycles. The van der Waals surface area contributed by atoms with Crippen molar-refractivity contribution in [2.45, 2.75) is 38.6 Å². The van der Waals surface area contributed by atoms with E-state index in [1.54, 1.807) is 11.3 Å². The van der Waals surface area contributed by atoms with Crippen molar-refractivity contribution in [2.24, 2.45) is 0 Å². The van der Waals surface area contributed by atoms with Gasteiger partial charge in [0.25, 0.3) is 0 Å². The van der Waals surface area contributed by atoms with Crippen LogP contribution in [0.1, 0.15) is 30.3 Å². The Balaban J connectivity index is 1.11. The predicted octanol–water partition coefficient (Wildman–Crippen LogP) is 4.18. The van der Waals surface area contributed by atoms with Crippen LogP contribution in [0, 0.1) is 0 Å². The molecule has 34 heavy (non-hydrogen) atoms. The summed E-state index contributed by atoms with van der Waals surface area (Å²) in [5.74, 6) is 0. The number of fused-ring (bicyclic) bond motifs is 1. The summed E-state index contributed by atoms with van der Waals surface area (Å²) in [5.41, 5.74) is 11.0. The fraction of sp³-hybridized carbons (Fsp3) is 0.481. The number of hydrogen-bond donors (Lipinski definition) is 1. The maximum atomic E-state index is 5.96. The number of rotatable bonds is 8. The Labute approximate surface area is 207 Å². The largest absolute Gasteiger partial charge is 0.375 e. The number of piperazine rings is 1. The molecule has 1 atom stereocenters. The standard InChI is InChI=1S/C27H36N6S/c1-2-13-32(24-7-8-25-26(20-24)34-27(28)30-25)17-14-31-15-18-33(19-16-31)23-5-3-21(4-6-23)22-9-11-29-12-10-22/h3-6,9-12,24H,2,7-8,13-20H2,1H3,(H2,28,30)/t24-/m0/s1. The summed E-state index contributed by atoms with van der Waals surface area (Å²) in [6.45, 7) is 10.2. The second-order valence-electron chi connectivity index (χ2n) is 9.47.